The van der Waals surface area contributed by atoms with Gasteiger partial charge < -0.3 is 11.1 Å². The average molecular weight is 239 g/mol. The normalized spacial score (nSPS) is 26.9. The Kier molecular flexibility index (Phi) is 3.85. The maximum atomic E-state index is 5.90. The van der Waals surface area contributed by atoms with Crippen molar-refractivity contribution in [3.8, 4) is 0 Å². The third-order valence-corrected chi connectivity index (χ3v) is 3.58. The van der Waals surface area contributed by atoms with E-state index < -0.39 is 0 Å². The summed E-state index contributed by atoms with van der Waals surface area (Å²) in [5.74, 6) is 0. The first-order valence-corrected chi connectivity index (χ1v) is 6.30. The van der Waals surface area contributed by atoms with Gasteiger partial charge in [-0.05, 0) is 43.9 Å². The van der Waals surface area contributed by atoms with Crippen molar-refractivity contribution in [3.05, 3.63) is 34.9 Å². The van der Waals surface area contributed by atoms with Crippen molar-refractivity contribution in [1.29, 1.82) is 0 Å². The van der Waals surface area contributed by atoms with E-state index in [0.717, 1.165) is 17.9 Å². The molecule has 1 aromatic carbocycles. The van der Waals surface area contributed by atoms with E-state index in [1.807, 2.05) is 12.1 Å². The highest BCUT2D eigenvalue weighted by Crippen LogP contribution is 2.22. The van der Waals surface area contributed by atoms with Gasteiger partial charge in [-0.25, -0.2) is 0 Å². The molecule has 3 N–H and O–H groups in total. The lowest BCUT2D eigenvalue weighted by Crippen LogP contribution is -2.30. The zero-order valence-corrected chi connectivity index (χ0v) is 10.4. The Bertz CT molecular complexity index is 336. The van der Waals surface area contributed by atoms with Crippen LogP contribution in [0.25, 0.3) is 0 Å². The first kappa shape index (κ1) is 11.9. The second kappa shape index (κ2) is 5.17. The molecule has 1 fully saturated rings. The van der Waals surface area contributed by atoms with Crippen molar-refractivity contribution in [2.45, 2.75) is 44.3 Å². The number of benzene rings is 1. The van der Waals surface area contributed by atoms with E-state index in [1.165, 1.54) is 12.0 Å². The van der Waals surface area contributed by atoms with Crippen LogP contribution in [0.5, 0.6) is 0 Å². The molecule has 1 aliphatic carbocycles. The van der Waals surface area contributed by atoms with Crippen LogP contribution in [0.1, 0.15) is 37.8 Å². The molecule has 0 spiro atoms. The largest absolute Gasteiger partial charge is 0.328 e. The Balaban J connectivity index is 1.92. The summed E-state index contributed by atoms with van der Waals surface area (Å²) in [6, 6.07) is 9.36. The van der Waals surface area contributed by atoms with E-state index in [2.05, 4.69) is 24.4 Å². The second-order valence-corrected chi connectivity index (χ2v) is 5.15. The summed E-state index contributed by atoms with van der Waals surface area (Å²) in [5.41, 5.74) is 7.18. The lowest BCUT2D eigenvalue weighted by atomic mass is 10.1. The van der Waals surface area contributed by atoms with Gasteiger partial charge >= 0.3 is 0 Å². The molecule has 0 saturated heterocycles. The summed E-state index contributed by atoms with van der Waals surface area (Å²) in [5, 5.41) is 4.41. The molecule has 16 heavy (non-hydrogen) atoms. The van der Waals surface area contributed by atoms with Crippen molar-refractivity contribution in [2.75, 3.05) is 0 Å². The van der Waals surface area contributed by atoms with Crippen molar-refractivity contribution in [1.82, 2.24) is 5.32 Å². The van der Waals surface area contributed by atoms with Gasteiger partial charge in [0.05, 0.1) is 0 Å². The van der Waals surface area contributed by atoms with Gasteiger partial charge in [0.1, 0.15) is 0 Å². The Morgan fingerprint density at radius 2 is 2.00 bits per heavy atom. The fraction of sp³-hybridized carbons (Fsp3) is 0.538. The van der Waals surface area contributed by atoms with Crippen LogP contribution in [-0.4, -0.2) is 12.1 Å². The molecule has 88 valence electrons. The maximum absolute atomic E-state index is 5.90. The van der Waals surface area contributed by atoms with Crippen LogP contribution < -0.4 is 11.1 Å². The predicted octanol–water partition coefficient (Wildman–Crippen LogP) is 2.87. The summed E-state index contributed by atoms with van der Waals surface area (Å²) in [4.78, 5) is 0. The molecule has 1 aliphatic rings. The zero-order chi connectivity index (χ0) is 11.5. The fourth-order valence-electron chi connectivity index (χ4n) is 2.37. The van der Waals surface area contributed by atoms with Crippen LogP contribution in [0.3, 0.4) is 0 Å². The van der Waals surface area contributed by atoms with Crippen LogP contribution in [0.2, 0.25) is 5.02 Å². The van der Waals surface area contributed by atoms with Crippen LogP contribution in [0, 0.1) is 0 Å². The lowest BCUT2D eigenvalue weighted by molar-refractivity contribution is 0.457. The lowest BCUT2D eigenvalue weighted by Gasteiger charge is -2.19. The number of rotatable bonds is 3. The van der Waals surface area contributed by atoms with E-state index in [0.29, 0.717) is 18.1 Å². The van der Waals surface area contributed by atoms with Crippen molar-refractivity contribution >= 4 is 11.6 Å². The minimum Gasteiger partial charge on any atom is -0.328 e. The summed E-state index contributed by atoms with van der Waals surface area (Å²) in [7, 11) is 0. The van der Waals surface area contributed by atoms with Crippen LogP contribution in [0.15, 0.2) is 24.3 Å². The molecular formula is C13H19ClN2. The van der Waals surface area contributed by atoms with Crippen LogP contribution in [-0.2, 0) is 0 Å². The van der Waals surface area contributed by atoms with Crippen molar-refractivity contribution in [2.24, 2.45) is 5.73 Å². The first-order chi connectivity index (χ1) is 7.65. The van der Waals surface area contributed by atoms with E-state index in [-0.39, 0.29) is 0 Å². The maximum Gasteiger partial charge on any atom is 0.0406 e. The van der Waals surface area contributed by atoms with Gasteiger partial charge in [0.25, 0.3) is 0 Å². The zero-order valence-electron chi connectivity index (χ0n) is 9.62. The Hall–Kier alpha value is -0.570. The van der Waals surface area contributed by atoms with Gasteiger partial charge in [-0.15, -0.1) is 0 Å². The molecule has 0 bridgehead atoms. The highest BCUT2D eigenvalue weighted by molar-refractivity contribution is 6.30. The Labute approximate surface area is 102 Å². The number of hydrogen-bond acceptors (Lipinski definition) is 2. The Morgan fingerprint density at radius 1 is 1.31 bits per heavy atom. The van der Waals surface area contributed by atoms with Crippen LogP contribution in [0.4, 0.5) is 0 Å². The average Bonchev–Trinajstić information content (AvgIpc) is 2.65. The van der Waals surface area contributed by atoms with Gasteiger partial charge in [-0.1, -0.05) is 23.7 Å². The predicted molar refractivity (Wildman–Crippen MR) is 68.6 cm³/mol. The van der Waals surface area contributed by atoms with Gasteiger partial charge in [0.2, 0.25) is 0 Å². The first-order valence-electron chi connectivity index (χ1n) is 5.92. The van der Waals surface area contributed by atoms with Gasteiger partial charge in [0.15, 0.2) is 0 Å². The molecule has 2 nitrogen and oxygen atoms in total. The number of hydrogen-bond donors (Lipinski definition) is 2. The minimum absolute atomic E-state index is 0.368. The molecule has 0 heterocycles. The van der Waals surface area contributed by atoms with Gasteiger partial charge in [-0.3, -0.25) is 0 Å². The van der Waals surface area contributed by atoms with Crippen molar-refractivity contribution < 1.29 is 0 Å². The molecule has 0 aromatic heterocycles. The summed E-state index contributed by atoms with van der Waals surface area (Å²) >= 11 is 5.87. The number of halogens is 1. The molecule has 2 rings (SSSR count). The van der Waals surface area contributed by atoms with Crippen molar-refractivity contribution in [3.63, 3.8) is 0 Å². The summed E-state index contributed by atoms with van der Waals surface area (Å²) in [6.45, 7) is 2.19. The van der Waals surface area contributed by atoms with E-state index in [4.69, 9.17) is 17.3 Å². The molecule has 1 aromatic rings. The summed E-state index contributed by atoms with van der Waals surface area (Å²) < 4.78 is 0. The molecule has 3 atom stereocenters. The monoisotopic (exact) mass is 238 g/mol. The SMILES string of the molecule is C[C@@H](NC1CCC(N)C1)c1ccc(Cl)cc1. The quantitative estimate of drug-likeness (QED) is 0.850. The molecule has 3 heteroatoms. The second-order valence-electron chi connectivity index (χ2n) is 4.71. The number of nitrogens with two attached hydrogens (primary N) is 1. The molecule has 1 saturated carbocycles. The highest BCUT2D eigenvalue weighted by atomic mass is 35.5. The van der Waals surface area contributed by atoms with E-state index in [1.54, 1.807) is 0 Å². The summed E-state index contributed by atoms with van der Waals surface area (Å²) in [6.07, 6.45) is 3.43. The van der Waals surface area contributed by atoms with Gasteiger partial charge in [0, 0.05) is 23.1 Å². The number of nitrogens with one attached hydrogen (secondary N) is 1. The third kappa shape index (κ3) is 2.97. The van der Waals surface area contributed by atoms with Gasteiger partial charge in [-0.2, -0.15) is 0 Å². The Morgan fingerprint density at radius 3 is 2.56 bits per heavy atom. The smallest absolute Gasteiger partial charge is 0.0406 e. The topological polar surface area (TPSA) is 38.0 Å². The molecule has 0 aliphatic heterocycles. The van der Waals surface area contributed by atoms with E-state index in [9.17, 15) is 0 Å². The minimum atomic E-state index is 0.368. The third-order valence-electron chi connectivity index (χ3n) is 3.33. The molecular weight excluding hydrogens is 220 g/mol. The molecule has 2 unspecified atom stereocenters. The standard InChI is InChI=1S/C13H19ClN2/c1-9(10-2-4-11(14)5-3-10)16-13-7-6-12(15)8-13/h2-5,9,12-13,16H,6-8,15H2,1H3/t9-,12?,13?/m1/s1. The molecule has 0 amide bonds. The van der Waals surface area contributed by atoms with E-state index >= 15 is 0 Å². The highest BCUT2D eigenvalue weighted by Gasteiger charge is 2.22. The molecule has 0 radical (unpaired) electrons. The fourth-order valence-corrected chi connectivity index (χ4v) is 2.50. The van der Waals surface area contributed by atoms with Crippen LogP contribution >= 0.6 is 11.6 Å².